The second-order valence-corrected chi connectivity index (χ2v) is 7.19. The number of carbonyl (C=O) groups is 1. The Kier molecular flexibility index (Phi) is 5.22. The Bertz CT molecular complexity index is 786. The van der Waals surface area contributed by atoms with Crippen molar-refractivity contribution in [2.24, 2.45) is 0 Å². The van der Waals surface area contributed by atoms with Crippen LogP contribution in [0.5, 0.6) is 0 Å². The quantitative estimate of drug-likeness (QED) is 0.871. The number of nitrogens with zero attached hydrogens (tertiary/aromatic N) is 6. The summed E-state index contributed by atoms with van der Waals surface area (Å²) >= 11 is 0. The van der Waals surface area contributed by atoms with E-state index >= 15 is 0 Å². The minimum absolute atomic E-state index is 0.0607. The normalized spacial score (nSPS) is 17.5. The number of hydrogen-bond donors (Lipinski definition) is 1. The van der Waals surface area contributed by atoms with Gasteiger partial charge in [0.15, 0.2) is 0 Å². The summed E-state index contributed by atoms with van der Waals surface area (Å²) in [6.07, 6.45) is 4.29. The molecule has 3 rings (SSSR count). The third-order valence-electron chi connectivity index (χ3n) is 4.96. The van der Waals surface area contributed by atoms with Crippen molar-refractivity contribution in [2.75, 3.05) is 25.9 Å². The fourth-order valence-corrected chi connectivity index (χ4v) is 3.45. The lowest BCUT2D eigenvalue weighted by atomic mass is 10.2. The Balaban J connectivity index is 1.63. The molecule has 8 nitrogen and oxygen atoms in total. The molecule has 1 atom stereocenters. The highest BCUT2D eigenvalue weighted by atomic mass is 16.2. The van der Waals surface area contributed by atoms with E-state index in [0.29, 0.717) is 30.3 Å². The number of rotatable bonds is 5. The minimum atomic E-state index is 0.0607. The third-order valence-corrected chi connectivity index (χ3v) is 4.96. The van der Waals surface area contributed by atoms with Crippen molar-refractivity contribution in [1.29, 1.82) is 0 Å². The molecule has 26 heavy (non-hydrogen) atoms. The first kappa shape index (κ1) is 18.3. The largest absolute Gasteiger partial charge is 0.384 e. The Hall–Kier alpha value is -2.48. The molecule has 0 radical (unpaired) electrons. The van der Waals surface area contributed by atoms with Crippen LogP contribution in [0.1, 0.15) is 48.2 Å². The summed E-state index contributed by atoms with van der Waals surface area (Å²) < 4.78 is 1.89. The van der Waals surface area contributed by atoms with E-state index in [1.165, 1.54) is 0 Å². The highest BCUT2D eigenvalue weighted by molar-refractivity contribution is 5.95. The number of likely N-dealkylation sites (N-methyl/N-ethyl adjacent to an activating group) is 1. The molecule has 2 aromatic heterocycles. The topological polar surface area (TPSA) is 93.2 Å². The van der Waals surface area contributed by atoms with Gasteiger partial charge in [-0.05, 0) is 40.3 Å². The van der Waals surface area contributed by atoms with Gasteiger partial charge in [0.2, 0.25) is 0 Å². The van der Waals surface area contributed by atoms with E-state index in [9.17, 15) is 4.79 Å². The molecule has 1 aliphatic heterocycles. The van der Waals surface area contributed by atoms with Crippen LogP contribution in [0, 0.1) is 6.92 Å². The average molecular weight is 357 g/mol. The zero-order chi connectivity index (χ0) is 18.8. The van der Waals surface area contributed by atoms with Gasteiger partial charge >= 0.3 is 0 Å². The second-order valence-electron chi connectivity index (χ2n) is 7.19. The predicted octanol–water partition coefficient (Wildman–Crippen LogP) is 1.49. The Morgan fingerprint density at radius 1 is 1.46 bits per heavy atom. The monoisotopic (exact) mass is 357 g/mol. The molecule has 1 aliphatic rings. The molecule has 0 aliphatic carbocycles. The van der Waals surface area contributed by atoms with Gasteiger partial charge in [-0.25, -0.2) is 9.97 Å². The van der Waals surface area contributed by atoms with E-state index < -0.39 is 0 Å². The molecule has 2 N–H and O–H groups in total. The summed E-state index contributed by atoms with van der Waals surface area (Å²) in [5.41, 5.74) is 7.34. The molecule has 0 bridgehead atoms. The maximum atomic E-state index is 12.9. The van der Waals surface area contributed by atoms with Crippen LogP contribution in [0.4, 0.5) is 5.82 Å². The molecule has 3 heterocycles. The Morgan fingerprint density at radius 3 is 2.88 bits per heavy atom. The SMILES string of the molecule is Cc1c(C(=O)N2CCC(N(C)Cc3nccc(N)n3)C2)cnn1C(C)C. The molecule has 2 aromatic rings. The van der Waals surface area contributed by atoms with Crippen molar-refractivity contribution in [3.63, 3.8) is 0 Å². The van der Waals surface area contributed by atoms with Crippen LogP contribution in [-0.2, 0) is 6.54 Å². The van der Waals surface area contributed by atoms with Gasteiger partial charge in [-0.15, -0.1) is 0 Å². The molecule has 140 valence electrons. The van der Waals surface area contributed by atoms with Crippen molar-refractivity contribution in [3.8, 4) is 0 Å². The van der Waals surface area contributed by atoms with Crippen molar-refractivity contribution >= 4 is 11.7 Å². The molecular formula is C18H27N7O. The fraction of sp³-hybridized carbons (Fsp3) is 0.556. The maximum Gasteiger partial charge on any atom is 0.257 e. The van der Waals surface area contributed by atoms with Crippen LogP contribution < -0.4 is 5.73 Å². The number of aromatic nitrogens is 4. The molecule has 1 amide bonds. The predicted molar refractivity (Wildman–Crippen MR) is 99.6 cm³/mol. The van der Waals surface area contributed by atoms with Gasteiger partial charge < -0.3 is 10.6 Å². The standard InChI is InChI=1S/C18H27N7O/c1-12(2)25-13(3)15(9-21-25)18(26)24-8-6-14(10-24)23(4)11-17-20-7-5-16(19)22-17/h5,7,9,12,14H,6,8,10-11H2,1-4H3,(H2,19,20,22). The highest BCUT2D eigenvalue weighted by Gasteiger charge is 2.31. The Labute approximate surface area is 154 Å². The molecule has 8 heteroatoms. The zero-order valence-corrected chi connectivity index (χ0v) is 15.9. The van der Waals surface area contributed by atoms with Gasteiger partial charge in [-0.2, -0.15) is 5.10 Å². The average Bonchev–Trinajstić information content (AvgIpc) is 3.21. The van der Waals surface area contributed by atoms with Gasteiger partial charge in [0.25, 0.3) is 5.91 Å². The number of likely N-dealkylation sites (tertiary alicyclic amines) is 1. The molecule has 0 spiro atoms. The first-order valence-corrected chi connectivity index (χ1v) is 8.97. The lowest BCUT2D eigenvalue weighted by Gasteiger charge is -2.24. The van der Waals surface area contributed by atoms with Gasteiger partial charge in [0.05, 0.1) is 18.3 Å². The van der Waals surface area contributed by atoms with Crippen LogP contribution in [0.3, 0.4) is 0 Å². The number of hydrogen-bond acceptors (Lipinski definition) is 6. The maximum absolute atomic E-state index is 12.9. The van der Waals surface area contributed by atoms with Gasteiger partial charge in [-0.1, -0.05) is 0 Å². The lowest BCUT2D eigenvalue weighted by molar-refractivity contribution is 0.0778. The number of nitrogen functional groups attached to an aromatic ring is 1. The van der Waals surface area contributed by atoms with Gasteiger partial charge in [0.1, 0.15) is 11.6 Å². The van der Waals surface area contributed by atoms with Crippen LogP contribution in [-0.4, -0.2) is 61.6 Å². The molecule has 1 saturated heterocycles. The minimum Gasteiger partial charge on any atom is -0.384 e. The molecule has 1 unspecified atom stereocenters. The van der Waals surface area contributed by atoms with Crippen molar-refractivity contribution < 1.29 is 4.79 Å². The first-order chi connectivity index (χ1) is 12.4. The number of amides is 1. The van der Waals surface area contributed by atoms with Gasteiger partial charge in [-0.3, -0.25) is 14.4 Å². The number of nitrogens with two attached hydrogens (primary N) is 1. The van der Waals surface area contributed by atoms with E-state index in [4.69, 9.17) is 5.73 Å². The summed E-state index contributed by atoms with van der Waals surface area (Å²) in [4.78, 5) is 25.5. The van der Waals surface area contributed by atoms with Crippen LogP contribution in [0.25, 0.3) is 0 Å². The smallest absolute Gasteiger partial charge is 0.257 e. The molecule has 0 saturated carbocycles. The zero-order valence-electron chi connectivity index (χ0n) is 15.9. The first-order valence-electron chi connectivity index (χ1n) is 8.97. The number of carbonyl (C=O) groups excluding carboxylic acids is 1. The Morgan fingerprint density at radius 2 is 2.23 bits per heavy atom. The highest BCUT2D eigenvalue weighted by Crippen LogP contribution is 2.21. The summed E-state index contributed by atoms with van der Waals surface area (Å²) in [6, 6.07) is 2.20. The van der Waals surface area contributed by atoms with Crippen molar-refractivity contribution in [2.45, 2.75) is 45.8 Å². The van der Waals surface area contributed by atoms with Crippen LogP contribution >= 0.6 is 0 Å². The van der Waals surface area contributed by atoms with E-state index in [-0.39, 0.29) is 18.0 Å². The van der Waals surface area contributed by atoms with Crippen molar-refractivity contribution in [1.82, 2.24) is 29.5 Å². The second kappa shape index (κ2) is 7.41. The molecule has 0 aromatic carbocycles. The fourth-order valence-electron chi connectivity index (χ4n) is 3.45. The lowest BCUT2D eigenvalue weighted by Crippen LogP contribution is -2.36. The number of anilines is 1. The van der Waals surface area contributed by atoms with E-state index in [0.717, 1.165) is 18.7 Å². The van der Waals surface area contributed by atoms with E-state index in [1.54, 1.807) is 18.5 Å². The van der Waals surface area contributed by atoms with Crippen molar-refractivity contribution in [3.05, 3.63) is 35.5 Å². The van der Waals surface area contributed by atoms with Crippen LogP contribution in [0.2, 0.25) is 0 Å². The van der Waals surface area contributed by atoms with E-state index in [2.05, 4.69) is 33.8 Å². The third kappa shape index (κ3) is 3.70. The summed E-state index contributed by atoms with van der Waals surface area (Å²) in [5, 5.41) is 4.36. The van der Waals surface area contributed by atoms with E-state index in [1.807, 2.05) is 23.6 Å². The molecular weight excluding hydrogens is 330 g/mol. The summed E-state index contributed by atoms with van der Waals surface area (Å²) in [5.74, 6) is 1.24. The summed E-state index contributed by atoms with van der Waals surface area (Å²) in [7, 11) is 2.03. The van der Waals surface area contributed by atoms with Gasteiger partial charge in [0, 0.05) is 37.1 Å². The van der Waals surface area contributed by atoms with Crippen LogP contribution in [0.15, 0.2) is 18.5 Å². The molecule has 1 fully saturated rings. The summed E-state index contributed by atoms with van der Waals surface area (Å²) in [6.45, 7) is 8.14.